The lowest BCUT2D eigenvalue weighted by molar-refractivity contribution is 1.16. The fourth-order valence-electron chi connectivity index (χ4n) is 8.47. The van der Waals surface area contributed by atoms with Crippen molar-refractivity contribution in [1.82, 2.24) is 19.1 Å². The second-order valence-electron chi connectivity index (χ2n) is 14.2. The van der Waals surface area contributed by atoms with Crippen molar-refractivity contribution in [1.29, 1.82) is 0 Å². The molecule has 3 heterocycles. The van der Waals surface area contributed by atoms with Crippen molar-refractivity contribution in [3.05, 3.63) is 206 Å². The second-order valence-corrected chi connectivity index (χ2v) is 14.2. The van der Waals surface area contributed by atoms with Gasteiger partial charge in [-0.05, 0) is 54.1 Å². The molecule has 11 rings (SSSR count). The van der Waals surface area contributed by atoms with Crippen molar-refractivity contribution in [3.63, 3.8) is 0 Å². The van der Waals surface area contributed by atoms with Gasteiger partial charge in [-0.15, -0.1) is 0 Å². The largest absolute Gasteiger partial charge is 0.309 e. The zero-order chi connectivity index (χ0) is 37.0. The summed E-state index contributed by atoms with van der Waals surface area (Å²) in [4.78, 5) is 10.3. The number of aromatic nitrogens is 4. The lowest BCUT2D eigenvalue weighted by atomic mass is 9.97. The Balaban J connectivity index is 1.12. The summed E-state index contributed by atoms with van der Waals surface area (Å²) in [7, 11) is 0. The minimum Gasteiger partial charge on any atom is -0.309 e. The molecule has 3 aromatic heterocycles. The Morgan fingerprint density at radius 3 is 1.46 bits per heavy atom. The van der Waals surface area contributed by atoms with Gasteiger partial charge in [0.25, 0.3) is 0 Å². The molecule has 0 aliphatic heterocycles. The summed E-state index contributed by atoms with van der Waals surface area (Å²) in [5, 5.41) is 4.92. The van der Waals surface area contributed by atoms with Crippen molar-refractivity contribution < 1.29 is 0 Å². The molecule has 4 heteroatoms. The average molecular weight is 715 g/mol. The molecule has 0 N–H and O–H groups in total. The fraction of sp³-hybridized carbons (Fsp3) is 0. The Labute approximate surface area is 324 Å². The van der Waals surface area contributed by atoms with Gasteiger partial charge in [-0.3, -0.25) is 0 Å². The predicted molar refractivity (Wildman–Crippen MR) is 232 cm³/mol. The van der Waals surface area contributed by atoms with Crippen molar-refractivity contribution in [2.24, 2.45) is 0 Å². The number of fused-ring (bicyclic) bond motifs is 6. The maximum absolute atomic E-state index is 5.15. The summed E-state index contributed by atoms with van der Waals surface area (Å²) < 4.78 is 4.81. The van der Waals surface area contributed by atoms with E-state index in [1.165, 1.54) is 43.7 Å². The lowest BCUT2D eigenvalue weighted by Gasteiger charge is -2.15. The molecular weight excluding hydrogens is 681 g/mol. The first-order chi connectivity index (χ1) is 27.8. The zero-order valence-corrected chi connectivity index (χ0v) is 30.4. The van der Waals surface area contributed by atoms with Crippen LogP contribution in [0.1, 0.15) is 0 Å². The predicted octanol–water partition coefficient (Wildman–Crippen LogP) is 13.3. The normalized spacial score (nSPS) is 11.6. The molecule has 0 spiro atoms. The third kappa shape index (κ3) is 5.15. The number of para-hydroxylation sites is 4. The molecule has 0 amide bonds. The van der Waals surface area contributed by atoms with Crippen LogP contribution < -0.4 is 0 Å². The van der Waals surface area contributed by atoms with Gasteiger partial charge >= 0.3 is 0 Å². The summed E-state index contributed by atoms with van der Waals surface area (Å²) in [6.45, 7) is 0. The molecule has 0 fully saturated rings. The minimum atomic E-state index is 0.689. The van der Waals surface area contributed by atoms with Crippen LogP contribution in [0.4, 0.5) is 0 Å². The van der Waals surface area contributed by atoms with Gasteiger partial charge in [0.1, 0.15) is 0 Å². The Bertz CT molecular complexity index is 3140. The second kappa shape index (κ2) is 13.1. The first-order valence-electron chi connectivity index (χ1n) is 19.0. The van der Waals surface area contributed by atoms with Crippen LogP contribution in [0.5, 0.6) is 0 Å². The molecule has 0 aliphatic carbocycles. The minimum absolute atomic E-state index is 0.689. The van der Waals surface area contributed by atoms with Crippen LogP contribution in [0.25, 0.3) is 100 Å². The van der Waals surface area contributed by atoms with Gasteiger partial charge in [0.15, 0.2) is 5.82 Å². The summed E-state index contributed by atoms with van der Waals surface area (Å²) in [5.41, 5.74) is 14.1. The zero-order valence-electron chi connectivity index (χ0n) is 30.4. The van der Waals surface area contributed by atoms with E-state index in [2.05, 4.69) is 203 Å². The quantitative estimate of drug-likeness (QED) is 0.172. The standard InChI is InChI=1S/C52H34N4/c1-3-17-35(18-4-1)44-34-45(36-19-5-2-6-20-36)54-52(53-44)37-21-15-22-38(33-37)55-49-31-14-10-26-43(49)51-42(27-16-32-50(51)55)41-25-9-13-30-48(41)56-46-28-11-7-23-39(46)40-24-8-12-29-47(40)56/h1-34H. The molecule has 0 aliphatic rings. The molecule has 4 nitrogen and oxygen atoms in total. The average Bonchev–Trinajstić information content (AvgIpc) is 3.80. The molecule has 262 valence electrons. The Morgan fingerprint density at radius 1 is 0.321 bits per heavy atom. The number of rotatable bonds is 6. The molecule has 56 heavy (non-hydrogen) atoms. The monoisotopic (exact) mass is 714 g/mol. The van der Waals surface area contributed by atoms with E-state index in [1.807, 2.05) is 12.1 Å². The molecule has 0 atom stereocenters. The Morgan fingerprint density at radius 2 is 0.804 bits per heavy atom. The van der Waals surface area contributed by atoms with Gasteiger partial charge < -0.3 is 9.13 Å². The third-order valence-corrected chi connectivity index (χ3v) is 10.9. The number of hydrogen-bond donors (Lipinski definition) is 0. The van der Waals surface area contributed by atoms with E-state index >= 15 is 0 Å². The van der Waals surface area contributed by atoms with Crippen molar-refractivity contribution in [2.75, 3.05) is 0 Å². The molecule has 11 aromatic rings. The smallest absolute Gasteiger partial charge is 0.160 e. The molecule has 0 saturated carbocycles. The van der Waals surface area contributed by atoms with E-state index in [9.17, 15) is 0 Å². The van der Waals surface area contributed by atoms with Gasteiger partial charge in [0, 0.05) is 49.5 Å². The molecule has 0 bridgehead atoms. The van der Waals surface area contributed by atoms with E-state index in [-0.39, 0.29) is 0 Å². The SMILES string of the molecule is c1ccc(-c2cc(-c3ccccc3)nc(-c3cccc(-n4c5ccccc5c5c(-c6ccccc6-n6c7ccccc7c7ccccc76)cccc54)c3)n2)cc1. The molecule has 0 saturated heterocycles. The van der Waals surface area contributed by atoms with Crippen molar-refractivity contribution in [2.45, 2.75) is 0 Å². The van der Waals surface area contributed by atoms with Crippen LogP contribution in [0, 0.1) is 0 Å². The Kier molecular flexibility index (Phi) is 7.46. The molecule has 0 radical (unpaired) electrons. The highest BCUT2D eigenvalue weighted by Gasteiger charge is 2.20. The molecule has 8 aromatic carbocycles. The van der Waals surface area contributed by atoms with Crippen LogP contribution >= 0.6 is 0 Å². The highest BCUT2D eigenvalue weighted by Crippen LogP contribution is 2.42. The fourth-order valence-corrected chi connectivity index (χ4v) is 8.47. The van der Waals surface area contributed by atoms with E-state index in [0.29, 0.717) is 5.82 Å². The van der Waals surface area contributed by atoms with Crippen LogP contribution in [-0.2, 0) is 0 Å². The third-order valence-electron chi connectivity index (χ3n) is 10.9. The first-order valence-corrected chi connectivity index (χ1v) is 19.0. The summed E-state index contributed by atoms with van der Waals surface area (Å²) in [6.07, 6.45) is 0. The van der Waals surface area contributed by atoms with Gasteiger partial charge in [-0.2, -0.15) is 0 Å². The maximum atomic E-state index is 5.15. The molecular formula is C52H34N4. The van der Waals surface area contributed by atoms with Crippen LogP contribution in [0.15, 0.2) is 206 Å². The lowest BCUT2D eigenvalue weighted by Crippen LogP contribution is -1.98. The molecule has 0 unspecified atom stereocenters. The van der Waals surface area contributed by atoms with E-state index in [1.54, 1.807) is 0 Å². The maximum Gasteiger partial charge on any atom is 0.160 e. The number of benzene rings is 8. The first kappa shape index (κ1) is 31.9. The summed E-state index contributed by atoms with van der Waals surface area (Å²) in [5.74, 6) is 0.689. The van der Waals surface area contributed by atoms with Gasteiger partial charge in [0.2, 0.25) is 0 Å². The van der Waals surface area contributed by atoms with Gasteiger partial charge in [-0.1, -0.05) is 158 Å². The van der Waals surface area contributed by atoms with Gasteiger partial charge in [0.05, 0.1) is 39.1 Å². The van der Waals surface area contributed by atoms with Gasteiger partial charge in [-0.25, -0.2) is 9.97 Å². The van der Waals surface area contributed by atoms with E-state index in [0.717, 1.165) is 50.5 Å². The Hall–Kier alpha value is -7.56. The summed E-state index contributed by atoms with van der Waals surface area (Å²) >= 11 is 0. The topological polar surface area (TPSA) is 35.6 Å². The highest BCUT2D eigenvalue weighted by molar-refractivity contribution is 6.17. The van der Waals surface area contributed by atoms with Crippen LogP contribution in [0.3, 0.4) is 0 Å². The van der Waals surface area contributed by atoms with E-state index < -0.39 is 0 Å². The van der Waals surface area contributed by atoms with E-state index in [4.69, 9.17) is 9.97 Å². The highest BCUT2D eigenvalue weighted by atomic mass is 15.0. The number of hydrogen-bond acceptors (Lipinski definition) is 2. The van der Waals surface area contributed by atoms with Crippen molar-refractivity contribution in [3.8, 4) is 56.4 Å². The van der Waals surface area contributed by atoms with Crippen molar-refractivity contribution >= 4 is 43.6 Å². The van der Waals surface area contributed by atoms with Crippen LogP contribution in [-0.4, -0.2) is 19.1 Å². The summed E-state index contributed by atoms with van der Waals surface area (Å²) in [6, 6.07) is 73.2. The number of nitrogens with zero attached hydrogens (tertiary/aromatic N) is 4. The van der Waals surface area contributed by atoms with Crippen LogP contribution in [0.2, 0.25) is 0 Å².